The summed E-state index contributed by atoms with van der Waals surface area (Å²) >= 11 is 1.46. The Morgan fingerprint density at radius 2 is 2.38 bits per heavy atom. The lowest BCUT2D eigenvalue weighted by Gasteiger charge is -2.12. The molecule has 16 heavy (non-hydrogen) atoms. The smallest absolute Gasteiger partial charge is 0.205 e. The molecule has 1 heterocycles. The van der Waals surface area contributed by atoms with Crippen LogP contribution in [0, 0.1) is 5.82 Å². The number of benzene rings is 1. The molecule has 1 N–H and O–H groups in total. The van der Waals surface area contributed by atoms with E-state index in [4.69, 9.17) is 0 Å². The molecule has 0 spiro atoms. The highest BCUT2D eigenvalue weighted by molar-refractivity contribution is 7.13. The maximum atomic E-state index is 13.0. The van der Waals surface area contributed by atoms with E-state index in [2.05, 4.69) is 15.5 Å². The van der Waals surface area contributed by atoms with Gasteiger partial charge in [-0.1, -0.05) is 30.4 Å². The topological polar surface area (TPSA) is 37.8 Å². The fourth-order valence-electron chi connectivity index (χ4n) is 1.42. The molecule has 5 heteroatoms. The molecule has 2 rings (SSSR count). The Morgan fingerprint density at radius 3 is 3.06 bits per heavy atom. The lowest BCUT2D eigenvalue weighted by molar-refractivity contribution is 0.622. The largest absolute Gasteiger partial charge is 0.359 e. The molecule has 2 aromatic rings. The second kappa shape index (κ2) is 5.03. The average Bonchev–Trinajstić information content (AvgIpc) is 2.78. The molecule has 0 radical (unpaired) electrons. The van der Waals surface area contributed by atoms with E-state index in [1.165, 1.54) is 17.4 Å². The van der Waals surface area contributed by atoms with Crippen LogP contribution in [0.1, 0.15) is 18.4 Å². The van der Waals surface area contributed by atoms with Crippen molar-refractivity contribution in [2.75, 3.05) is 11.9 Å². The van der Waals surface area contributed by atoms with Crippen molar-refractivity contribution in [1.29, 1.82) is 0 Å². The molecule has 0 aliphatic carbocycles. The van der Waals surface area contributed by atoms with E-state index >= 15 is 0 Å². The van der Waals surface area contributed by atoms with Crippen molar-refractivity contribution in [1.82, 2.24) is 10.2 Å². The molecule has 0 saturated heterocycles. The Bertz CT molecular complexity index is 444. The third-order valence-electron chi connectivity index (χ3n) is 2.34. The third kappa shape index (κ3) is 2.76. The number of anilines is 1. The summed E-state index contributed by atoms with van der Waals surface area (Å²) in [7, 11) is 0. The molecule has 0 bridgehead atoms. The van der Waals surface area contributed by atoms with E-state index in [1.54, 1.807) is 17.6 Å². The van der Waals surface area contributed by atoms with Gasteiger partial charge in [-0.25, -0.2) is 4.39 Å². The maximum absolute atomic E-state index is 13.0. The second-order valence-electron chi connectivity index (χ2n) is 3.58. The predicted octanol–water partition coefficient (Wildman–Crippen LogP) is 2.89. The van der Waals surface area contributed by atoms with Crippen LogP contribution >= 0.6 is 11.3 Å². The summed E-state index contributed by atoms with van der Waals surface area (Å²) in [4.78, 5) is 0. The van der Waals surface area contributed by atoms with E-state index in [0.29, 0.717) is 0 Å². The van der Waals surface area contributed by atoms with Gasteiger partial charge in [-0.05, 0) is 23.6 Å². The summed E-state index contributed by atoms with van der Waals surface area (Å²) in [6, 6.07) is 6.67. The van der Waals surface area contributed by atoms with Crippen molar-refractivity contribution < 1.29 is 4.39 Å². The maximum Gasteiger partial charge on any atom is 0.205 e. The number of aromatic nitrogens is 2. The Labute approximate surface area is 97.3 Å². The number of rotatable bonds is 4. The van der Waals surface area contributed by atoms with Gasteiger partial charge in [0.1, 0.15) is 11.3 Å². The molecule has 1 unspecified atom stereocenters. The van der Waals surface area contributed by atoms with Crippen LogP contribution in [0.4, 0.5) is 9.52 Å². The first-order valence-electron chi connectivity index (χ1n) is 5.01. The van der Waals surface area contributed by atoms with Crippen LogP contribution in [-0.2, 0) is 0 Å². The summed E-state index contributed by atoms with van der Waals surface area (Å²) in [5, 5.41) is 11.6. The monoisotopic (exact) mass is 237 g/mol. The van der Waals surface area contributed by atoms with Gasteiger partial charge in [0.05, 0.1) is 0 Å². The lowest BCUT2D eigenvalue weighted by Crippen LogP contribution is -2.09. The van der Waals surface area contributed by atoms with Gasteiger partial charge in [0.25, 0.3) is 0 Å². The number of nitrogens with one attached hydrogen (secondary N) is 1. The van der Waals surface area contributed by atoms with Gasteiger partial charge in [0.15, 0.2) is 0 Å². The van der Waals surface area contributed by atoms with Gasteiger partial charge in [-0.3, -0.25) is 0 Å². The molecule has 3 nitrogen and oxygen atoms in total. The minimum atomic E-state index is -0.194. The molecule has 1 atom stereocenters. The SMILES string of the molecule is CC(CNc1nncs1)c1cccc(F)c1. The van der Waals surface area contributed by atoms with Gasteiger partial charge >= 0.3 is 0 Å². The quantitative estimate of drug-likeness (QED) is 0.888. The van der Waals surface area contributed by atoms with Crippen LogP contribution in [0.5, 0.6) is 0 Å². The third-order valence-corrected chi connectivity index (χ3v) is 2.99. The van der Waals surface area contributed by atoms with E-state index < -0.39 is 0 Å². The van der Waals surface area contributed by atoms with Crippen LogP contribution in [0.25, 0.3) is 0 Å². The van der Waals surface area contributed by atoms with Crippen molar-refractivity contribution in [2.45, 2.75) is 12.8 Å². The number of hydrogen-bond donors (Lipinski definition) is 1. The first-order valence-corrected chi connectivity index (χ1v) is 5.89. The Kier molecular flexibility index (Phi) is 3.46. The normalized spacial score (nSPS) is 12.4. The minimum Gasteiger partial charge on any atom is -0.359 e. The Morgan fingerprint density at radius 1 is 1.50 bits per heavy atom. The van der Waals surface area contributed by atoms with Crippen molar-refractivity contribution >= 4 is 16.5 Å². The highest BCUT2D eigenvalue weighted by atomic mass is 32.1. The standard InChI is InChI=1S/C11H12FN3S/c1-8(6-13-11-15-14-7-16-11)9-3-2-4-10(12)5-9/h2-5,7-8H,6H2,1H3,(H,13,15). The van der Waals surface area contributed by atoms with Crippen LogP contribution in [-0.4, -0.2) is 16.7 Å². The van der Waals surface area contributed by atoms with Crippen LogP contribution in [0.2, 0.25) is 0 Å². The van der Waals surface area contributed by atoms with Crippen LogP contribution in [0.15, 0.2) is 29.8 Å². The Hall–Kier alpha value is -1.49. The van der Waals surface area contributed by atoms with Gasteiger partial charge in [0.2, 0.25) is 5.13 Å². The number of nitrogens with zero attached hydrogens (tertiary/aromatic N) is 2. The van der Waals surface area contributed by atoms with Crippen molar-refractivity contribution in [3.63, 3.8) is 0 Å². The zero-order valence-electron chi connectivity index (χ0n) is 8.85. The molecular weight excluding hydrogens is 225 g/mol. The Balaban J connectivity index is 1.95. The highest BCUT2D eigenvalue weighted by Crippen LogP contribution is 2.17. The molecular formula is C11H12FN3S. The van der Waals surface area contributed by atoms with Crippen LogP contribution in [0.3, 0.4) is 0 Å². The van der Waals surface area contributed by atoms with E-state index in [1.807, 2.05) is 13.0 Å². The molecule has 0 aliphatic heterocycles. The summed E-state index contributed by atoms with van der Waals surface area (Å²) in [5.41, 5.74) is 2.66. The fraction of sp³-hybridized carbons (Fsp3) is 0.273. The summed E-state index contributed by atoms with van der Waals surface area (Å²) in [5.74, 6) is 0.0415. The summed E-state index contributed by atoms with van der Waals surface area (Å²) in [6.07, 6.45) is 0. The first-order chi connectivity index (χ1) is 7.75. The number of halogens is 1. The molecule has 0 amide bonds. The van der Waals surface area contributed by atoms with E-state index in [9.17, 15) is 4.39 Å². The second-order valence-corrected chi connectivity index (χ2v) is 4.41. The predicted molar refractivity (Wildman–Crippen MR) is 63.2 cm³/mol. The van der Waals surface area contributed by atoms with Crippen molar-refractivity contribution in [3.8, 4) is 0 Å². The highest BCUT2D eigenvalue weighted by Gasteiger charge is 2.06. The van der Waals surface area contributed by atoms with E-state index in [0.717, 1.165) is 17.2 Å². The van der Waals surface area contributed by atoms with Gasteiger partial charge in [-0.2, -0.15) is 0 Å². The molecule has 0 aliphatic rings. The minimum absolute atomic E-state index is 0.194. The molecule has 1 aromatic heterocycles. The zero-order chi connectivity index (χ0) is 11.4. The molecule has 0 saturated carbocycles. The zero-order valence-corrected chi connectivity index (χ0v) is 9.67. The molecule has 0 fully saturated rings. The lowest BCUT2D eigenvalue weighted by atomic mass is 10.0. The summed E-state index contributed by atoms with van der Waals surface area (Å²) < 4.78 is 13.0. The van der Waals surface area contributed by atoms with Gasteiger partial charge in [0, 0.05) is 6.54 Å². The number of hydrogen-bond acceptors (Lipinski definition) is 4. The van der Waals surface area contributed by atoms with Gasteiger partial charge in [-0.15, -0.1) is 10.2 Å². The molecule has 84 valence electrons. The molecule has 1 aromatic carbocycles. The summed E-state index contributed by atoms with van der Waals surface area (Å²) in [6.45, 7) is 2.77. The van der Waals surface area contributed by atoms with Crippen molar-refractivity contribution in [3.05, 3.63) is 41.2 Å². The van der Waals surface area contributed by atoms with Crippen LogP contribution < -0.4 is 5.32 Å². The fourth-order valence-corrected chi connectivity index (χ4v) is 1.88. The van der Waals surface area contributed by atoms with Crippen molar-refractivity contribution in [2.24, 2.45) is 0 Å². The average molecular weight is 237 g/mol. The first kappa shape index (κ1) is 11.0. The van der Waals surface area contributed by atoms with Gasteiger partial charge < -0.3 is 5.32 Å². The van der Waals surface area contributed by atoms with E-state index in [-0.39, 0.29) is 11.7 Å².